The highest BCUT2D eigenvalue weighted by atomic mass is 19.1. The molecule has 0 aliphatic carbocycles. The zero-order valence-electron chi connectivity index (χ0n) is 15.8. The van der Waals surface area contributed by atoms with Crippen molar-refractivity contribution in [2.45, 2.75) is 33.2 Å². The van der Waals surface area contributed by atoms with Gasteiger partial charge in [0, 0.05) is 25.2 Å². The fourth-order valence-corrected chi connectivity index (χ4v) is 3.86. The molecule has 1 aromatic heterocycles. The van der Waals surface area contributed by atoms with E-state index in [1.54, 1.807) is 12.1 Å². The first kappa shape index (κ1) is 17.7. The number of imidazole rings is 1. The SMILES string of the molecule is Cc1cc2ncn(CC3CCN(C(=O)c4cccc(F)c4)CC3)c2cc1C. The summed E-state index contributed by atoms with van der Waals surface area (Å²) in [5, 5.41) is 0. The molecule has 3 aromatic rings. The standard InChI is InChI=1S/C22H24FN3O/c1-15-10-20-21(11-16(15)2)26(14-24-20)13-17-6-8-25(9-7-17)22(27)18-4-3-5-19(23)12-18/h3-5,10-12,14,17H,6-9,13H2,1-2H3. The predicted octanol–water partition coefficient (Wildman–Crippen LogP) is 4.34. The molecule has 0 N–H and O–H groups in total. The first-order valence-corrected chi connectivity index (χ1v) is 9.48. The van der Waals surface area contributed by atoms with Crippen LogP contribution in [-0.4, -0.2) is 33.4 Å². The summed E-state index contributed by atoms with van der Waals surface area (Å²) in [7, 11) is 0. The van der Waals surface area contributed by atoms with Crippen molar-refractivity contribution in [2.75, 3.05) is 13.1 Å². The van der Waals surface area contributed by atoms with Gasteiger partial charge in [0.15, 0.2) is 0 Å². The van der Waals surface area contributed by atoms with E-state index < -0.39 is 0 Å². The minimum Gasteiger partial charge on any atom is -0.339 e. The van der Waals surface area contributed by atoms with E-state index in [0.717, 1.165) is 24.9 Å². The van der Waals surface area contributed by atoms with Crippen LogP contribution >= 0.6 is 0 Å². The maximum absolute atomic E-state index is 13.4. The van der Waals surface area contributed by atoms with Gasteiger partial charge in [0.05, 0.1) is 17.4 Å². The molecule has 0 unspecified atom stereocenters. The van der Waals surface area contributed by atoms with E-state index in [1.807, 2.05) is 11.2 Å². The van der Waals surface area contributed by atoms with Crippen LogP contribution in [-0.2, 0) is 6.54 Å². The highest BCUT2D eigenvalue weighted by Gasteiger charge is 2.24. The number of amides is 1. The quantitative estimate of drug-likeness (QED) is 0.692. The molecular weight excluding hydrogens is 341 g/mol. The van der Waals surface area contributed by atoms with E-state index in [1.165, 1.54) is 28.8 Å². The summed E-state index contributed by atoms with van der Waals surface area (Å²) in [4.78, 5) is 18.9. The molecule has 1 aliphatic heterocycles. The molecule has 0 atom stereocenters. The fourth-order valence-electron chi connectivity index (χ4n) is 3.86. The third-order valence-electron chi connectivity index (χ3n) is 5.66. The Balaban J connectivity index is 1.41. The van der Waals surface area contributed by atoms with Crippen molar-refractivity contribution in [3.8, 4) is 0 Å². The Bertz CT molecular complexity index is 986. The van der Waals surface area contributed by atoms with Crippen LogP contribution in [0.3, 0.4) is 0 Å². The number of carbonyl (C=O) groups is 1. The molecule has 1 amide bonds. The Hall–Kier alpha value is -2.69. The molecule has 1 saturated heterocycles. The minimum absolute atomic E-state index is 0.0767. The van der Waals surface area contributed by atoms with Crippen LogP contribution in [0, 0.1) is 25.6 Å². The first-order valence-electron chi connectivity index (χ1n) is 9.48. The number of nitrogens with zero attached hydrogens (tertiary/aromatic N) is 3. The normalized spacial score (nSPS) is 15.4. The maximum atomic E-state index is 13.4. The van der Waals surface area contributed by atoms with E-state index in [4.69, 9.17) is 0 Å². The van der Waals surface area contributed by atoms with Crippen LogP contribution in [0.1, 0.15) is 34.3 Å². The minimum atomic E-state index is -0.367. The van der Waals surface area contributed by atoms with Crippen LogP contribution < -0.4 is 0 Å². The van der Waals surface area contributed by atoms with E-state index in [9.17, 15) is 9.18 Å². The third-order valence-corrected chi connectivity index (χ3v) is 5.66. The molecule has 1 fully saturated rings. The smallest absolute Gasteiger partial charge is 0.253 e. The maximum Gasteiger partial charge on any atom is 0.253 e. The largest absolute Gasteiger partial charge is 0.339 e. The van der Waals surface area contributed by atoms with Gasteiger partial charge in [-0.3, -0.25) is 4.79 Å². The van der Waals surface area contributed by atoms with E-state index >= 15 is 0 Å². The molecule has 1 aliphatic rings. The number of aryl methyl sites for hydroxylation is 2. The number of benzene rings is 2. The van der Waals surface area contributed by atoms with Gasteiger partial charge in [-0.2, -0.15) is 0 Å². The Morgan fingerprint density at radius 2 is 1.89 bits per heavy atom. The molecule has 0 saturated carbocycles. The summed E-state index contributed by atoms with van der Waals surface area (Å²) >= 11 is 0. The Kier molecular flexibility index (Phi) is 4.68. The van der Waals surface area contributed by atoms with Gasteiger partial charge in [-0.05, 0) is 74.1 Å². The fraction of sp³-hybridized carbons (Fsp3) is 0.364. The van der Waals surface area contributed by atoms with Crippen LogP contribution in [0.4, 0.5) is 4.39 Å². The van der Waals surface area contributed by atoms with Crippen molar-refractivity contribution in [2.24, 2.45) is 5.92 Å². The summed E-state index contributed by atoms with van der Waals surface area (Å²) in [5.74, 6) is 0.0703. The van der Waals surface area contributed by atoms with Gasteiger partial charge in [-0.15, -0.1) is 0 Å². The molecule has 4 nitrogen and oxygen atoms in total. The number of hydrogen-bond donors (Lipinski definition) is 0. The van der Waals surface area contributed by atoms with Crippen LogP contribution in [0.2, 0.25) is 0 Å². The Labute approximate surface area is 158 Å². The van der Waals surface area contributed by atoms with Gasteiger partial charge < -0.3 is 9.47 Å². The van der Waals surface area contributed by atoms with Gasteiger partial charge in [0.1, 0.15) is 5.82 Å². The summed E-state index contributed by atoms with van der Waals surface area (Å²) in [6, 6.07) is 10.3. The van der Waals surface area contributed by atoms with Gasteiger partial charge in [-0.1, -0.05) is 6.07 Å². The van der Waals surface area contributed by atoms with Crippen molar-refractivity contribution in [1.82, 2.24) is 14.5 Å². The number of fused-ring (bicyclic) bond motifs is 1. The molecule has 0 bridgehead atoms. The number of halogens is 1. The number of likely N-dealkylation sites (tertiary alicyclic amines) is 1. The lowest BCUT2D eigenvalue weighted by molar-refractivity contribution is 0.0683. The highest BCUT2D eigenvalue weighted by Crippen LogP contribution is 2.24. The summed E-state index contributed by atoms with van der Waals surface area (Å²) in [5.41, 5.74) is 5.18. The lowest BCUT2D eigenvalue weighted by Gasteiger charge is -2.32. The second-order valence-electron chi connectivity index (χ2n) is 7.57. The number of hydrogen-bond acceptors (Lipinski definition) is 2. The van der Waals surface area contributed by atoms with Crippen molar-refractivity contribution in [3.63, 3.8) is 0 Å². The molecular formula is C22H24FN3O. The van der Waals surface area contributed by atoms with Crippen molar-refractivity contribution >= 4 is 16.9 Å². The van der Waals surface area contributed by atoms with Crippen LogP contribution in [0.5, 0.6) is 0 Å². The lowest BCUT2D eigenvalue weighted by Crippen LogP contribution is -2.39. The van der Waals surface area contributed by atoms with Gasteiger partial charge in [0.25, 0.3) is 5.91 Å². The zero-order chi connectivity index (χ0) is 19.0. The molecule has 0 radical (unpaired) electrons. The second kappa shape index (κ2) is 7.14. The predicted molar refractivity (Wildman–Crippen MR) is 104 cm³/mol. The third kappa shape index (κ3) is 3.59. The molecule has 4 rings (SSSR count). The van der Waals surface area contributed by atoms with E-state index in [0.29, 0.717) is 24.6 Å². The second-order valence-corrected chi connectivity index (χ2v) is 7.57. The number of aromatic nitrogens is 2. The van der Waals surface area contributed by atoms with Crippen molar-refractivity contribution in [3.05, 3.63) is 65.2 Å². The van der Waals surface area contributed by atoms with Crippen molar-refractivity contribution < 1.29 is 9.18 Å². The molecule has 140 valence electrons. The number of carbonyl (C=O) groups excluding carboxylic acids is 1. The van der Waals surface area contributed by atoms with E-state index in [2.05, 4.69) is 35.5 Å². The topological polar surface area (TPSA) is 38.1 Å². The summed E-state index contributed by atoms with van der Waals surface area (Å²) < 4.78 is 15.6. The van der Waals surface area contributed by atoms with Gasteiger partial charge >= 0.3 is 0 Å². The Morgan fingerprint density at radius 1 is 1.15 bits per heavy atom. The van der Waals surface area contributed by atoms with Crippen LogP contribution in [0.25, 0.3) is 11.0 Å². The van der Waals surface area contributed by atoms with Crippen molar-refractivity contribution in [1.29, 1.82) is 0 Å². The molecule has 0 spiro atoms. The van der Waals surface area contributed by atoms with E-state index in [-0.39, 0.29) is 11.7 Å². The van der Waals surface area contributed by atoms with Crippen LogP contribution in [0.15, 0.2) is 42.7 Å². The molecule has 27 heavy (non-hydrogen) atoms. The summed E-state index contributed by atoms with van der Waals surface area (Å²) in [6.45, 7) is 6.58. The molecule has 2 aromatic carbocycles. The lowest BCUT2D eigenvalue weighted by atomic mass is 9.96. The number of rotatable bonds is 3. The summed E-state index contributed by atoms with van der Waals surface area (Å²) in [6.07, 6.45) is 3.82. The van der Waals surface area contributed by atoms with Gasteiger partial charge in [-0.25, -0.2) is 9.37 Å². The monoisotopic (exact) mass is 365 g/mol. The van der Waals surface area contributed by atoms with Gasteiger partial charge in [0.2, 0.25) is 0 Å². The zero-order valence-corrected chi connectivity index (χ0v) is 15.8. The highest BCUT2D eigenvalue weighted by molar-refractivity contribution is 5.94. The molecule has 5 heteroatoms. The Morgan fingerprint density at radius 3 is 2.63 bits per heavy atom. The first-order chi connectivity index (χ1) is 13.0. The average Bonchev–Trinajstić information content (AvgIpc) is 3.04. The average molecular weight is 365 g/mol. The number of piperidine rings is 1. The molecule has 2 heterocycles.